The molecular formula is C21H24N4O2. The Kier molecular flexibility index (Phi) is 5.28. The molecule has 0 spiro atoms. The zero-order chi connectivity index (χ0) is 19.4. The van der Waals surface area contributed by atoms with Crippen molar-refractivity contribution in [3.63, 3.8) is 0 Å². The molecule has 2 aromatic carbocycles. The van der Waals surface area contributed by atoms with Gasteiger partial charge in [0.1, 0.15) is 0 Å². The van der Waals surface area contributed by atoms with Crippen LogP contribution in [0.25, 0.3) is 5.69 Å². The van der Waals surface area contributed by atoms with Crippen LogP contribution in [0.1, 0.15) is 26.3 Å². The highest BCUT2D eigenvalue weighted by atomic mass is 16.5. The second kappa shape index (κ2) is 7.63. The van der Waals surface area contributed by atoms with Crippen molar-refractivity contribution in [2.45, 2.75) is 27.3 Å². The lowest BCUT2D eigenvalue weighted by atomic mass is 9.95. The van der Waals surface area contributed by atoms with Crippen molar-refractivity contribution < 1.29 is 10.0 Å². The maximum absolute atomic E-state index is 12.0. The van der Waals surface area contributed by atoms with Gasteiger partial charge in [-0.15, -0.1) is 0 Å². The molecule has 0 aliphatic heterocycles. The molecule has 140 valence electrons. The standard InChI is InChI=1S/C21H24N4O2/c1-21(2,3)20(26)25(27)14-16-4-6-17(7-5-16)23-18-8-10-19(11-9-18)24-13-12-22-15-24/h4-13,15,23,27H,14H2,1-3H3. The molecule has 0 atom stereocenters. The summed E-state index contributed by atoms with van der Waals surface area (Å²) in [6, 6.07) is 15.7. The normalized spacial score (nSPS) is 11.3. The lowest BCUT2D eigenvalue weighted by Gasteiger charge is -2.24. The van der Waals surface area contributed by atoms with E-state index in [0.29, 0.717) is 0 Å². The molecule has 3 rings (SSSR count). The van der Waals surface area contributed by atoms with Crippen molar-refractivity contribution >= 4 is 17.3 Å². The van der Waals surface area contributed by atoms with Gasteiger partial charge in [0.05, 0.1) is 12.9 Å². The number of benzene rings is 2. The molecular weight excluding hydrogens is 340 g/mol. The minimum Gasteiger partial charge on any atom is -0.356 e. The smallest absolute Gasteiger partial charge is 0.251 e. The quantitative estimate of drug-likeness (QED) is 0.521. The third-order valence-electron chi connectivity index (χ3n) is 4.12. The van der Waals surface area contributed by atoms with E-state index in [4.69, 9.17) is 0 Å². The monoisotopic (exact) mass is 364 g/mol. The van der Waals surface area contributed by atoms with E-state index in [-0.39, 0.29) is 12.5 Å². The number of carbonyl (C=O) groups excluding carboxylic acids is 1. The number of aromatic nitrogens is 2. The van der Waals surface area contributed by atoms with Gasteiger partial charge in [-0.1, -0.05) is 32.9 Å². The molecule has 1 aromatic heterocycles. The van der Waals surface area contributed by atoms with Gasteiger partial charge >= 0.3 is 0 Å². The molecule has 0 bridgehead atoms. The zero-order valence-corrected chi connectivity index (χ0v) is 15.8. The van der Waals surface area contributed by atoms with Gasteiger partial charge in [-0.3, -0.25) is 10.0 Å². The van der Waals surface area contributed by atoms with E-state index in [1.807, 2.05) is 59.3 Å². The summed E-state index contributed by atoms with van der Waals surface area (Å²) in [5.41, 5.74) is 3.19. The Hall–Kier alpha value is -3.12. The van der Waals surface area contributed by atoms with Crippen molar-refractivity contribution in [1.82, 2.24) is 14.6 Å². The van der Waals surface area contributed by atoms with Gasteiger partial charge in [-0.2, -0.15) is 0 Å². The zero-order valence-electron chi connectivity index (χ0n) is 15.8. The van der Waals surface area contributed by atoms with Crippen molar-refractivity contribution in [1.29, 1.82) is 0 Å². The van der Waals surface area contributed by atoms with Crippen LogP contribution in [0.3, 0.4) is 0 Å². The van der Waals surface area contributed by atoms with E-state index >= 15 is 0 Å². The highest BCUT2D eigenvalue weighted by Crippen LogP contribution is 2.21. The van der Waals surface area contributed by atoms with Gasteiger partial charge in [0, 0.05) is 34.9 Å². The topological polar surface area (TPSA) is 70.4 Å². The number of hydrogen-bond acceptors (Lipinski definition) is 4. The Balaban J connectivity index is 1.61. The Morgan fingerprint density at radius 1 is 1.07 bits per heavy atom. The van der Waals surface area contributed by atoms with Gasteiger partial charge in [0.2, 0.25) is 0 Å². The highest BCUT2D eigenvalue weighted by Gasteiger charge is 2.26. The first kappa shape index (κ1) is 18.7. The van der Waals surface area contributed by atoms with Crippen molar-refractivity contribution in [2.24, 2.45) is 5.41 Å². The second-order valence-corrected chi connectivity index (χ2v) is 7.45. The van der Waals surface area contributed by atoms with Crippen LogP contribution in [0.15, 0.2) is 67.3 Å². The van der Waals surface area contributed by atoms with Crippen LogP contribution in [0.4, 0.5) is 11.4 Å². The van der Waals surface area contributed by atoms with Crippen LogP contribution >= 0.6 is 0 Å². The average Bonchev–Trinajstić information content (AvgIpc) is 3.17. The second-order valence-electron chi connectivity index (χ2n) is 7.45. The number of hydroxylamine groups is 2. The Morgan fingerprint density at radius 3 is 2.19 bits per heavy atom. The first-order chi connectivity index (χ1) is 12.8. The molecule has 27 heavy (non-hydrogen) atoms. The summed E-state index contributed by atoms with van der Waals surface area (Å²) >= 11 is 0. The molecule has 0 fully saturated rings. The minimum atomic E-state index is -0.612. The summed E-state index contributed by atoms with van der Waals surface area (Å²) in [6.07, 6.45) is 5.41. The van der Waals surface area contributed by atoms with Gasteiger partial charge < -0.3 is 9.88 Å². The number of hydrogen-bond donors (Lipinski definition) is 2. The summed E-state index contributed by atoms with van der Waals surface area (Å²) in [5.74, 6) is -0.303. The van der Waals surface area contributed by atoms with E-state index in [0.717, 1.165) is 27.7 Å². The lowest BCUT2D eigenvalue weighted by molar-refractivity contribution is -0.177. The summed E-state index contributed by atoms with van der Waals surface area (Å²) in [7, 11) is 0. The third-order valence-corrected chi connectivity index (χ3v) is 4.12. The lowest BCUT2D eigenvalue weighted by Crippen LogP contribution is -2.36. The fraction of sp³-hybridized carbons (Fsp3) is 0.238. The Morgan fingerprint density at radius 2 is 1.67 bits per heavy atom. The molecule has 1 amide bonds. The predicted octanol–water partition coefficient (Wildman–Crippen LogP) is 4.38. The molecule has 0 radical (unpaired) electrons. The largest absolute Gasteiger partial charge is 0.356 e. The SMILES string of the molecule is CC(C)(C)C(=O)N(O)Cc1ccc(Nc2ccc(-n3ccnc3)cc2)cc1. The molecule has 0 saturated carbocycles. The molecule has 0 unspecified atom stereocenters. The number of amides is 1. The van der Waals surface area contributed by atoms with E-state index in [1.54, 1.807) is 33.3 Å². The van der Waals surface area contributed by atoms with Gasteiger partial charge in [0.15, 0.2) is 0 Å². The molecule has 6 nitrogen and oxygen atoms in total. The van der Waals surface area contributed by atoms with Crippen LogP contribution in [-0.2, 0) is 11.3 Å². The fourth-order valence-corrected chi connectivity index (χ4v) is 2.62. The molecule has 3 aromatic rings. The predicted molar refractivity (Wildman–Crippen MR) is 105 cm³/mol. The molecule has 2 N–H and O–H groups in total. The molecule has 1 heterocycles. The van der Waals surface area contributed by atoms with Crippen LogP contribution in [0.2, 0.25) is 0 Å². The van der Waals surface area contributed by atoms with Gasteiger partial charge in [-0.25, -0.2) is 10.0 Å². The van der Waals surface area contributed by atoms with E-state index in [1.165, 1.54) is 0 Å². The minimum absolute atomic E-state index is 0.163. The summed E-state index contributed by atoms with van der Waals surface area (Å²) < 4.78 is 1.94. The maximum atomic E-state index is 12.0. The van der Waals surface area contributed by atoms with Crippen molar-refractivity contribution in [3.8, 4) is 5.69 Å². The number of rotatable bonds is 5. The van der Waals surface area contributed by atoms with Crippen molar-refractivity contribution in [2.75, 3.05) is 5.32 Å². The number of nitrogens with one attached hydrogen (secondary N) is 1. The van der Waals surface area contributed by atoms with Crippen LogP contribution in [0.5, 0.6) is 0 Å². The number of imidazole rings is 1. The van der Waals surface area contributed by atoms with E-state index < -0.39 is 5.41 Å². The first-order valence-corrected chi connectivity index (χ1v) is 8.78. The summed E-state index contributed by atoms with van der Waals surface area (Å²) in [5, 5.41) is 14.1. The average molecular weight is 364 g/mol. The van der Waals surface area contributed by atoms with Gasteiger partial charge in [-0.05, 0) is 42.0 Å². The number of anilines is 2. The van der Waals surface area contributed by atoms with Crippen LogP contribution in [0, 0.1) is 5.41 Å². The maximum Gasteiger partial charge on any atom is 0.251 e. The Labute approximate surface area is 159 Å². The molecule has 0 aliphatic rings. The van der Waals surface area contributed by atoms with E-state index in [9.17, 15) is 10.0 Å². The molecule has 6 heteroatoms. The summed E-state index contributed by atoms with van der Waals surface area (Å²) in [4.78, 5) is 16.1. The molecule has 0 saturated heterocycles. The fourth-order valence-electron chi connectivity index (χ4n) is 2.62. The van der Waals surface area contributed by atoms with E-state index in [2.05, 4.69) is 10.3 Å². The van der Waals surface area contributed by atoms with Gasteiger partial charge in [0.25, 0.3) is 5.91 Å². The first-order valence-electron chi connectivity index (χ1n) is 8.78. The van der Waals surface area contributed by atoms with Crippen LogP contribution in [-0.4, -0.2) is 25.7 Å². The molecule has 0 aliphatic carbocycles. The number of carbonyl (C=O) groups is 1. The van der Waals surface area contributed by atoms with Crippen LogP contribution < -0.4 is 5.32 Å². The van der Waals surface area contributed by atoms with Crippen molar-refractivity contribution in [3.05, 3.63) is 72.8 Å². The third kappa shape index (κ3) is 4.74. The Bertz CT molecular complexity index is 879. The highest BCUT2D eigenvalue weighted by molar-refractivity contribution is 5.80. The summed E-state index contributed by atoms with van der Waals surface area (Å²) in [6.45, 7) is 5.51. The number of nitrogens with zero attached hydrogens (tertiary/aromatic N) is 3.